The number of hydrogen-bond donors (Lipinski definition) is 1. The van der Waals surface area contributed by atoms with E-state index in [0.717, 1.165) is 25.2 Å². The van der Waals surface area contributed by atoms with Gasteiger partial charge in [-0.15, -0.1) is 0 Å². The number of carbonyl (C=O) groups is 1. The number of esters is 1. The zero-order valence-corrected chi connectivity index (χ0v) is 11.6. The molecule has 0 radical (unpaired) electrons. The maximum atomic E-state index is 11.0. The van der Waals surface area contributed by atoms with Crippen LogP contribution in [0.15, 0.2) is 42.7 Å². The smallest absolute Gasteiger partial charge is 0.305 e. The van der Waals surface area contributed by atoms with Crippen molar-refractivity contribution in [3.05, 3.63) is 48.3 Å². The van der Waals surface area contributed by atoms with Crippen LogP contribution in [0, 0.1) is 0 Å². The summed E-state index contributed by atoms with van der Waals surface area (Å²) in [7, 11) is 1.41. The number of benzene rings is 1. The summed E-state index contributed by atoms with van der Waals surface area (Å²) in [6.07, 6.45) is 4.91. The number of hydrogen-bond acceptors (Lipinski definition) is 4. The third kappa shape index (κ3) is 3.93. The van der Waals surface area contributed by atoms with Crippen LogP contribution in [-0.2, 0) is 16.1 Å². The second-order valence-corrected chi connectivity index (χ2v) is 4.44. The van der Waals surface area contributed by atoms with Crippen LogP contribution in [0.4, 0.5) is 0 Å². The highest BCUT2D eigenvalue weighted by atomic mass is 16.5. The van der Waals surface area contributed by atoms with E-state index in [1.165, 1.54) is 12.7 Å². The van der Waals surface area contributed by atoms with Crippen molar-refractivity contribution in [2.45, 2.75) is 19.4 Å². The molecule has 0 fully saturated rings. The molecule has 0 amide bonds. The number of para-hydroxylation sites is 1. The van der Waals surface area contributed by atoms with Crippen LogP contribution in [0.3, 0.4) is 0 Å². The Morgan fingerprint density at radius 1 is 1.35 bits per heavy atom. The van der Waals surface area contributed by atoms with Crippen LogP contribution in [0.5, 0.6) is 0 Å². The minimum absolute atomic E-state index is 0.163. The van der Waals surface area contributed by atoms with E-state index in [2.05, 4.69) is 21.2 Å². The summed E-state index contributed by atoms with van der Waals surface area (Å²) in [4.78, 5) is 11.0. The lowest BCUT2D eigenvalue weighted by Gasteiger charge is -2.10. The normalized spacial score (nSPS) is 10.4. The Hall–Kier alpha value is -2.14. The molecule has 0 bridgehead atoms. The van der Waals surface area contributed by atoms with Crippen molar-refractivity contribution in [1.82, 2.24) is 15.1 Å². The van der Waals surface area contributed by atoms with Crippen molar-refractivity contribution < 1.29 is 9.53 Å². The lowest BCUT2D eigenvalue weighted by molar-refractivity contribution is -0.140. The highest BCUT2D eigenvalue weighted by molar-refractivity contribution is 5.69. The molecule has 1 N–H and O–H groups in total. The highest BCUT2D eigenvalue weighted by Crippen LogP contribution is 2.12. The second-order valence-electron chi connectivity index (χ2n) is 4.44. The maximum absolute atomic E-state index is 11.0. The summed E-state index contributed by atoms with van der Waals surface area (Å²) in [5, 5.41) is 7.59. The standard InChI is InChI=1S/C15H19N3O2/c1-20-15(19)8-4-9-16-12-13-6-2-3-7-14(13)18-11-5-10-17-18/h2-3,5-7,10-11,16H,4,8-9,12H2,1H3. The molecule has 2 aromatic rings. The Bertz CT molecular complexity index is 538. The van der Waals surface area contributed by atoms with Crippen molar-refractivity contribution >= 4 is 5.97 Å². The van der Waals surface area contributed by atoms with Crippen molar-refractivity contribution in [3.8, 4) is 5.69 Å². The third-order valence-corrected chi connectivity index (χ3v) is 3.02. The van der Waals surface area contributed by atoms with E-state index in [1.807, 2.05) is 35.1 Å². The predicted molar refractivity (Wildman–Crippen MR) is 76.5 cm³/mol. The highest BCUT2D eigenvalue weighted by Gasteiger charge is 2.04. The molecule has 0 saturated heterocycles. The van der Waals surface area contributed by atoms with Crippen LogP contribution in [0.2, 0.25) is 0 Å². The summed E-state index contributed by atoms with van der Waals surface area (Å²) in [6.45, 7) is 1.53. The first-order valence-electron chi connectivity index (χ1n) is 6.66. The molecule has 20 heavy (non-hydrogen) atoms. The molecule has 0 saturated carbocycles. The van der Waals surface area contributed by atoms with Crippen molar-refractivity contribution in [3.63, 3.8) is 0 Å². The third-order valence-electron chi connectivity index (χ3n) is 3.02. The van der Waals surface area contributed by atoms with Gasteiger partial charge in [-0.3, -0.25) is 4.79 Å². The van der Waals surface area contributed by atoms with Gasteiger partial charge < -0.3 is 10.1 Å². The SMILES string of the molecule is COC(=O)CCCNCc1ccccc1-n1cccn1. The lowest BCUT2D eigenvalue weighted by atomic mass is 10.1. The Morgan fingerprint density at radius 2 is 2.20 bits per heavy atom. The summed E-state index contributed by atoms with van der Waals surface area (Å²) in [5.74, 6) is -0.163. The number of carbonyl (C=O) groups excluding carboxylic acids is 1. The number of nitrogens with one attached hydrogen (secondary N) is 1. The van der Waals surface area contributed by atoms with E-state index in [0.29, 0.717) is 6.42 Å². The van der Waals surface area contributed by atoms with E-state index in [1.54, 1.807) is 6.20 Å². The van der Waals surface area contributed by atoms with Crippen LogP contribution in [-0.4, -0.2) is 29.4 Å². The number of nitrogens with zero attached hydrogens (tertiary/aromatic N) is 2. The van der Waals surface area contributed by atoms with Gasteiger partial charge in [-0.25, -0.2) is 4.68 Å². The number of methoxy groups -OCH3 is 1. The van der Waals surface area contributed by atoms with Crippen molar-refractivity contribution in [2.75, 3.05) is 13.7 Å². The zero-order chi connectivity index (χ0) is 14.2. The van der Waals surface area contributed by atoms with Crippen molar-refractivity contribution in [2.24, 2.45) is 0 Å². The molecule has 0 atom stereocenters. The molecule has 0 aliphatic carbocycles. The molecule has 1 heterocycles. The van der Waals surface area contributed by atoms with Crippen molar-refractivity contribution in [1.29, 1.82) is 0 Å². The van der Waals surface area contributed by atoms with Gasteiger partial charge in [-0.2, -0.15) is 5.10 Å². The van der Waals surface area contributed by atoms with Gasteiger partial charge in [0.2, 0.25) is 0 Å². The predicted octanol–water partition coefficient (Wildman–Crippen LogP) is 1.92. The Kier molecular flexibility index (Phi) is 5.32. The second kappa shape index (κ2) is 7.45. The van der Waals surface area contributed by atoms with Crippen LogP contribution in [0.25, 0.3) is 5.69 Å². The van der Waals surface area contributed by atoms with Gasteiger partial charge in [-0.1, -0.05) is 18.2 Å². The van der Waals surface area contributed by atoms with Crippen LogP contribution >= 0.6 is 0 Å². The zero-order valence-electron chi connectivity index (χ0n) is 11.6. The van der Waals surface area contributed by atoms with E-state index >= 15 is 0 Å². The molecule has 0 aliphatic rings. The Labute approximate surface area is 118 Å². The van der Waals surface area contributed by atoms with E-state index in [9.17, 15) is 4.79 Å². The molecule has 5 nitrogen and oxygen atoms in total. The molecule has 0 unspecified atom stereocenters. The number of rotatable bonds is 7. The minimum atomic E-state index is -0.163. The largest absolute Gasteiger partial charge is 0.469 e. The van der Waals surface area contributed by atoms with Gasteiger partial charge in [0, 0.05) is 25.4 Å². The van der Waals surface area contributed by atoms with Crippen LogP contribution in [0.1, 0.15) is 18.4 Å². The number of ether oxygens (including phenoxy) is 1. The molecule has 106 valence electrons. The first-order valence-corrected chi connectivity index (χ1v) is 6.66. The first kappa shape index (κ1) is 14.3. The minimum Gasteiger partial charge on any atom is -0.469 e. The fourth-order valence-corrected chi connectivity index (χ4v) is 1.98. The molecule has 5 heteroatoms. The topological polar surface area (TPSA) is 56.1 Å². The Morgan fingerprint density at radius 3 is 2.95 bits per heavy atom. The van der Waals surface area contributed by atoms with E-state index in [-0.39, 0.29) is 5.97 Å². The summed E-state index contributed by atoms with van der Waals surface area (Å²) in [5.41, 5.74) is 2.24. The van der Waals surface area contributed by atoms with Gasteiger partial charge in [0.1, 0.15) is 0 Å². The van der Waals surface area contributed by atoms with Crippen LogP contribution < -0.4 is 5.32 Å². The molecular formula is C15H19N3O2. The molecule has 0 aliphatic heterocycles. The molecule has 1 aromatic heterocycles. The molecule has 1 aromatic carbocycles. The summed E-state index contributed by atoms with van der Waals surface area (Å²) in [6, 6.07) is 10.0. The fourth-order valence-electron chi connectivity index (χ4n) is 1.98. The van der Waals surface area contributed by atoms with Gasteiger partial charge in [0.05, 0.1) is 12.8 Å². The fraction of sp³-hybridized carbons (Fsp3) is 0.333. The first-order chi connectivity index (χ1) is 9.81. The number of aromatic nitrogens is 2. The van der Waals surface area contributed by atoms with Gasteiger partial charge in [0.25, 0.3) is 0 Å². The van der Waals surface area contributed by atoms with E-state index in [4.69, 9.17) is 0 Å². The van der Waals surface area contributed by atoms with E-state index < -0.39 is 0 Å². The molecular weight excluding hydrogens is 254 g/mol. The average molecular weight is 273 g/mol. The molecule has 0 spiro atoms. The quantitative estimate of drug-likeness (QED) is 0.618. The summed E-state index contributed by atoms with van der Waals surface area (Å²) >= 11 is 0. The lowest BCUT2D eigenvalue weighted by Crippen LogP contribution is -2.17. The van der Waals surface area contributed by atoms with Gasteiger partial charge in [-0.05, 0) is 30.7 Å². The maximum Gasteiger partial charge on any atom is 0.305 e. The average Bonchev–Trinajstić information content (AvgIpc) is 3.01. The monoisotopic (exact) mass is 273 g/mol. The van der Waals surface area contributed by atoms with Gasteiger partial charge in [0.15, 0.2) is 0 Å². The Balaban J connectivity index is 1.86. The summed E-state index contributed by atoms with van der Waals surface area (Å²) < 4.78 is 6.46. The molecule has 2 rings (SSSR count). The van der Waals surface area contributed by atoms with Gasteiger partial charge >= 0.3 is 5.97 Å².